The van der Waals surface area contributed by atoms with E-state index in [2.05, 4.69) is 9.97 Å². The second-order valence-electron chi connectivity index (χ2n) is 5.84. The van der Waals surface area contributed by atoms with Crippen molar-refractivity contribution < 1.29 is 14.4 Å². The van der Waals surface area contributed by atoms with Crippen LogP contribution in [0, 0.1) is 21.4 Å². The summed E-state index contributed by atoms with van der Waals surface area (Å²) in [6, 6.07) is 13.1. The summed E-state index contributed by atoms with van der Waals surface area (Å²) in [5.41, 5.74) is 12.7. The Kier molecular flexibility index (Phi) is 5.41. The number of nitrogens with two attached hydrogens (primary N) is 2. The zero-order valence-electron chi connectivity index (χ0n) is 15.3. The van der Waals surface area contributed by atoms with E-state index in [1.54, 1.807) is 36.4 Å². The van der Waals surface area contributed by atoms with Crippen molar-refractivity contribution >= 4 is 17.5 Å². The fraction of sp³-hybridized carbons (Fsp3) is 0.105. The van der Waals surface area contributed by atoms with E-state index in [0.29, 0.717) is 22.6 Å². The number of para-hydroxylation sites is 1. The summed E-state index contributed by atoms with van der Waals surface area (Å²) in [4.78, 5) is 18.6. The molecule has 0 aliphatic rings. The SMILES string of the molecule is COc1cc(-c2nc(N)nc(N)c2C#N)ccc1OCc1ccccc1[N+](=O)[O-]. The maximum Gasteiger partial charge on any atom is 0.276 e. The van der Waals surface area contributed by atoms with Gasteiger partial charge in [-0.25, -0.2) is 4.98 Å². The molecule has 146 valence electrons. The number of hydrogen-bond donors (Lipinski definition) is 2. The van der Waals surface area contributed by atoms with E-state index < -0.39 is 4.92 Å². The Morgan fingerprint density at radius 2 is 1.93 bits per heavy atom. The van der Waals surface area contributed by atoms with Crippen molar-refractivity contribution in [1.29, 1.82) is 5.26 Å². The van der Waals surface area contributed by atoms with E-state index in [1.807, 2.05) is 6.07 Å². The number of nitriles is 1. The van der Waals surface area contributed by atoms with Gasteiger partial charge >= 0.3 is 0 Å². The predicted octanol–water partition coefficient (Wildman–Crippen LogP) is 2.68. The van der Waals surface area contributed by atoms with Gasteiger partial charge in [0, 0.05) is 11.6 Å². The predicted molar refractivity (Wildman–Crippen MR) is 105 cm³/mol. The number of nitro benzene ring substituents is 1. The summed E-state index contributed by atoms with van der Waals surface area (Å²) in [6.07, 6.45) is 0. The molecule has 1 aromatic heterocycles. The first-order valence-corrected chi connectivity index (χ1v) is 8.31. The molecule has 3 aromatic rings. The Morgan fingerprint density at radius 1 is 1.17 bits per heavy atom. The second-order valence-corrected chi connectivity index (χ2v) is 5.84. The third-order valence-corrected chi connectivity index (χ3v) is 4.07. The van der Waals surface area contributed by atoms with Crippen molar-refractivity contribution in [3.05, 3.63) is 63.7 Å². The lowest BCUT2D eigenvalue weighted by Crippen LogP contribution is -2.05. The van der Waals surface area contributed by atoms with Crippen LogP contribution < -0.4 is 20.9 Å². The Balaban J connectivity index is 1.94. The molecular weight excluding hydrogens is 376 g/mol. The Labute approximate surface area is 165 Å². The number of hydrogen-bond acceptors (Lipinski definition) is 9. The average Bonchev–Trinajstić information content (AvgIpc) is 2.71. The number of ether oxygens (including phenoxy) is 2. The van der Waals surface area contributed by atoms with Crippen LogP contribution in [-0.2, 0) is 6.61 Å². The quantitative estimate of drug-likeness (QED) is 0.474. The minimum absolute atomic E-state index is 0.0225. The van der Waals surface area contributed by atoms with Gasteiger partial charge in [0.15, 0.2) is 11.5 Å². The molecule has 0 saturated heterocycles. The maximum atomic E-state index is 11.1. The normalized spacial score (nSPS) is 10.2. The molecule has 0 fully saturated rings. The monoisotopic (exact) mass is 392 g/mol. The first kappa shape index (κ1) is 19.4. The van der Waals surface area contributed by atoms with Crippen molar-refractivity contribution in [3.8, 4) is 28.8 Å². The Hall–Kier alpha value is -4.39. The molecule has 0 radical (unpaired) electrons. The van der Waals surface area contributed by atoms with Gasteiger partial charge in [-0.05, 0) is 24.3 Å². The van der Waals surface area contributed by atoms with E-state index >= 15 is 0 Å². The van der Waals surface area contributed by atoms with Gasteiger partial charge in [-0.2, -0.15) is 10.2 Å². The average molecular weight is 392 g/mol. The van der Waals surface area contributed by atoms with Crippen LogP contribution in [0.2, 0.25) is 0 Å². The van der Waals surface area contributed by atoms with Crippen molar-refractivity contribution in [2.45, 2.75) is 6.61 Å². The minimum atomic E-state index is -0.466. The zero-order chi connectivity index (χ0) is 21.0. The van der Waals surface area contributed by atoms with E-state index in [1.165, 1.54) is 13.2 Å². The van der Waals surface area contributed by atoms with Crippen LogP contribution in [0.25, 0.3) is 11.3 Å². The van der Waals surface area contributed by atoms with Crippen LogP contribution in [0.1, 0.15) is 11.1 Å². The largest absolute Gasteiger partial charge is 0.493 e. The highest BCUT2D eigenvalue weighted by Gasteiger charge is 2.17. The van der Waals surface area contributed by atoms with Crippen LogP contribution in [0.4, 0.5) is 17.5 Å². The summed E-state index contributed by atoms with van der Waals surface area (Å²) in [5, 5.41) is 20.5. The summed E-state index contributed by atoms with van der Waals surface area (Å²) < 4.78 is 11.1. The number of anilines is 2. The third kappa shape index (κ3) is 3.98. The van der Waals surface area contributed by atoms with E-state index in [4.69, 9.17) is 20.9 Å². The highest BCUT2D eigenvalue weighted by atomic mass is 16.6. The molecule has 0 spiro atoms. The molecule has 0 saturated carbocycles. The van der Waals surface area contributed by atoms with Gasteiger partial charge in [0.25, 0.3) is 5.69 Å². The van der Waals surface area contributed by atoms with Crippen LogP contribution >= 0.6 is 0 Å². The molecular formula is C19H16N6O4. The lowest BCUT2D eigenvalue weighted by atomic mass is 10.1. The van der Waals surface area contributed by atoms with E-state index in [9.17, 15) is 15.4 Å². The number of aromatic nitrogens is 2. The van der Waals surface area contributed by atoms with Crippen LogP contribution in [0.5, 0.6) is 11.5 Å². The summed E-state index contributed by atoms with van der Waals surface area (Å²) >= 11 is 0. The fourth-order valence-electron chi connectivity index (χ4n) is 2.72. The lowest BCUT2D eigenvalue weighted by molar-refractivity contribution is -0.385. The van der Waals surface area contributed by atoms with Crippen LogP contribution in [0.15, 0.2) is 42.5 Å². The van der Waals surface area contributed by atoms with Crippen molar-refractivity contribution in [2.24, 2.45) is 0 Å². The number of nitrogens with zero attached hydrogens (tertiary/aromatic N) is 4. The van der Waals surface area contributed by atoms with Crippen molar-refractivity contribution in [1.82, 2.24) is 9.97 Å². The molecule has 10 heteroatoms. The maximum absolute atomic E-state index is 11.1. The van der Waals surface area contributed by atoms with E-state index in [-0.39, 0.29) is 35.3 Å². The number of nitrogen functional groups attached to an aromatic ring is 2. The molecule has 29 heavy (non-hydrogen) atoms. The standard InChI is InChI=1S/C19H16N6O4/c1-28-16-8-11(17-13(9-20)18(21)24-19(22)23-17)6-7-15(16)29-10-12-4-2-3-5-14(12)25(26)27/h2-8H,10H2,1H3,(H4,21,22,23,24). The molecule has 0 amide bonds. The number of nitro groups is 1. The van der Waals surface area contributed by atoms with Crippen molar-refractivity contribution in [2.75, 3.05) is 18.6 Å². The third-order valence-electron chi connectivity index (χ3n) is 4.07. The Bertz CT molecular complexity index is 1130. The number of rotatable bonds is 6. The number of benzene rings is 2. The molecule has 0 aliphatic heterocycles. The molecule has 0 bridgehead atoms. The van der Waals surface area contributed by atoms with Gasteiger partial charge in [0.1, 0.15) is 24.1 Å². The summed E-state index contributed by atoms with van der Waals surface area (Å²) in [6.45, 7) is -0.0241. The van der Waals surface area contributed by atoms with Crippen LogP contribution in [0.3, 0.4) is 0 Å². The molecule has 4 N–H and O–H groups in total. The second kappa shape index (κ2) is 8.10. The highest BCUT2D eigenvalue weighted by Crippen LogP contribution is 2.35. The first-order chi connectivity index (χ1) is 13.9. The first-order valence-electron chi connectivity index (χ1n) is 8.31. The molecule has 0 atom stereocenters. The van der Waals surface area contributed by atoms with Gasteiger partial charge in [-0.3, -0.25) is 10.1 Å². The molecule has 0 unspecified atom stereocenters. The molecule has 0 aliphatic carbocycles. The Morgan fingerprint density at radius 3 is 2.62 bits per heavy atom. The molecule has 10 nitrogen and oxygen atoms in total. The van der Waals surface area contributed by atoms with E-state index in [0.717, 1.165) is 0 Å². The van der Waals surface area contributed by atoms with Gasteiger partial charge in [0.2, 0.25) is 5.95 Å². The topological polar surface area (TPSA) is 163 Å². The summed E-state index contributed by atoms with van der Waals surface area (Å²) in [7, 11) is 1.45. The molecule has 1 heterocycles. The lowest BCUT2D eigenvalue weighted by Gasteiger charge is -2.13. The molecule has 2 aromatic carbocycles. The minimum Gasteiger partial charge on any atom is -0.493 e. The van der Waals surface area contributed by atoms with Crippen LogP contribution in [-0.4, -0.2) is 22.0 Å². The summed E-state index contributed by atoms with van der Waals surface area (Å²) in [5.74, 6) is 0.626. The fourth-order valence-corrected chi connectivity index (χ4v) is 2.72. The smallest absolute Gasteiger partial charge is 0.276 e. The number of methoxy groups -OCH3 is 1. The van der Waals surface area contributed by atoms with Crippen molar-refractivity contribution in [3.63, 3.8) is 0 Å². The molecule has 3 rings (SSSR count). The van der Waals surface area contributed by atoms with Gasteiger partial charge in [0.05, 0.1) is 23.3 Å². The van der Waals surface area contributed by atoms with Gasteiger partial charge in [-0.1, -0.05) is 12.1 Å². The zero-order valence-corrected chi connectivity index (χ0v) is 15.3. The highest BCUT2D eigenvalue weighted by molar-refractivity contribution is 5.74. The van der Waals surface area contributed by atoms with Gasteiger partial charge in [-0.15, -0.1) is 0 Å². The van der Waals surface area contributed by atoms with Gasteiger partial charge < -0.3 is 20.9 Å².